The molecule has 0 aliphatic carbocycles. The quantitative estimate of drug-likeness (QED) is 0.657. The first kappa shape index (κ1) is 18.0. The molecule has 0 spiro atoms. The number of fused-ring (bicyclic) bond motifs is 3. The summed E-state index contributed by atoms with van der Waals surface area (Å²) in [6.45, 7) is 0.544. The fourth-order valence-electron chi connectivity index (χ4n) is 3.77. The lowest BCUT2D eigenvalue weighted by molar-refractivity contribution is -0.130. The number of amides is 1. The summed E-state index contributed by atoms with van der Waals surface area (Å²) in [7, 11) is -3.78. The molecule has 1 unspecified atom stereocenters. The number of carbonyl (C=O) groups excluding carboxylic acids is 1. The van der Waals surface area contributed by atoms with E-state index in [1.165, 1.54) is 17.7 Å². The minimum atomic E-state index is -3.78. The molecule has 2 heterocycles. The summed E-state index contributed by atoms with van der Waals surface area (Å²) in [5.41, 5.74) is 3.91. The van der Waals surface area contributed by atoms with Gasteiger partial charge >= 0.3 is 0 Å². The third kappa shape index (κ3) is 3.12. The minimum absolute atomic E-state index is 0.0362. The Kier molecular flexibility index (Phi) is 4.46. The number of H-pyrrole nitrogens is 1. The van der Waals surface area contributed by atoms with Crippen LogP contribution in [-0.4, -0.2) is 36.6 Å². The molecule has 0 saturated carbocycles. The molecule has 0 saturated heterocycles. The molecule has 8 heteroatoms. The van der Waals surface area contributed by atoms with Crippen LogP contribution in [0, 0.1) is 0 Å². The Bertz CT molecular complexity index is 1120. The molecule has 1 aromatic heterocycles. The summed E-state index contributed by atoms with van der Waals surface area (Å²) >= 11 is 5.83. The van der Waals surface area contributed by atoms with Crippen LogP contribution in [0.5, 0.6) is 0 Å². The molecule has 0 radical (unpaired) electrons. The van der Waals surface area contributed by atoms with Crippen LogP contribution >= 0.6 is 11.6 Å². The molecular weight excluding hydrogens is 386 g/mol. The molecule has 6 nitrogen and oxygen atoms in total. The zero-order valence-corrected chi connectivity index (χ0v) is 15.9. The van der Waals surface area contributed by atoms with Gasteiger partial charge in [0.25, 0.3) is 0 Å². The van der Waals surface area contributed by atoms with Gasteiger partial charge in [0.15, 0.2) is 0 Å². The SMILES string of the molecule is NS(=O)(=O)c1ccc(C2c3[nH]c4ccccc4c3CCN2C(=O)CCl)cc1. The third-order valence-electron chi connectivity index (χ3n) is 4.99. The highest BCUT2D eigenvalue weighted by molar-refractivity contribution is 7.89. The van der Waals surface area contributed by atoms with E-state index in [-0.39, 0.29) is 22.7 Å². The maximum absolute atomic E-state index is 12.5. The van der Waals surface area contributed by atoms with Crippen molar-refractivity contribution in [3.63, 3.8) is 0 Å². The fraction of sp³-hybridized carbons (Fsp3) is 0.211. The lowest BCUT2D eigenvalue weighted by Crippen LogP contribution is -2.41. The largest absolute Gasteiger partial charge is 0.356 e. The van der Waals surface area contributed by atoms with Crippen LogP contribution in [-0.2, 0) is 21.2 Å². The summed E-state index contributed by atoms with van der Waals surface area (Å²) in [6.07, 6.45) is 0.730. The number of carbonyl (C=O) groups is 1. The number of rotatable bonds is 3. The van der Waals surface area contributed by atoms with Gasteiger partial charge in [-0.15, -0.1) is 11.6 Å². The van der Waals surface area contributed by atoms with Crippen molar-refractivity contribution >= 4 is 38.4 Å². The summed E-state index contributed by atoms with van der Waals surface area (Å²) in [6, 6.07) is 14.0. The van der Waals surface area contributed by atoms with Gasteiger partial charge in [0, 0.05) is 23.1 Å². The molecule has 0 fully saturated rings. The van der Waals surface area contributed by atoms with Gasteiger partial charge in [-0.1, -0.05) is 30.3 Å². The van der Waals surface area contributed by atoms with Crippen LogP contribution in [0.4, 0.5) is 0 Å². The number of benzene rings is 2. The Balaban J connectivity index is 1.87. The molecule has 1 aliphatic heterocycles. The van der Waals surface area contributed by atoms with E-state index < -0.39 is 10.0 Å². The van der Waals surface area contributed by atoms with Crippen molar-refractivity contribution in [2.45, 2.75) is 17.4 Å². The van der Waals surface area contributed by atoms with E-state index in [4.69, 9.17) is 16.7 Å². The predicted molar refractivity (Wildman–Crippen MR) is 104 cm³/mol. The molecule has 1 aliphatic rings. The average Bonchev–Trinajstić information content (AvgIpc) is 3.04. The molecule has 1 atom stereocenters. The van der Waals surface area contributed by atoms with Crippen LogP contribution in [0.1, 0.15) is 22.9 Å². The van der Waals surface area contributed by atoms with Crippen LogP contribution in [0.2, 0.25) is 0 Å². The maximum Gasteiger partial charge on any atom is 0.238 e. The van der Waals surface area contributed by atoms with Crippen LogP contribution < -0.4 is 5.14 Å². The van der Waals surface area contributed by atoms with Crippen molar-refractivity contribution in [2.24, 2.45) is 5.14 Å². The van der Waals surface area contributed by atoms with Gasteiger partial charge in [-0.05, 0) is 35.7 Å². The van der Waals surface area contributed by atoms with Crippen molar-refractivity contribution in [1.29, 1.82) is 0 Å². The van der Waals surface area contributed by atoms with Crippen molar-refractivity contribution < 1.29 is 13.2 Å². The second-order valence-corrected chi connectivity index (χ2v) is 8.38. The van der Waals surface area contributed by atoms with E-state index in [0.717, 1.165) is 28.6 Å². The molecular formula is C19H18ClN3O3S. The molecule has 1 amide bonds. The van der Waals surface area contributed by atoms with Gasteiger partial charge in [0.2, 0.25) is 15.9 Å². The molecule has 27 heavy (non-hydrogen) atoms. The Morgan fingerprint density at radius 3 is 2.56 bits per heavy atom. The van der Waals surface area contributed by atoms with E-state index in [0.29, 0.717) is 6.54 Å². The van der Waals surface area contributed by atoms with Crippen LogP contribution in [0.25, 0.3) is 10.9 Å². The number of para-hydroxylation sites is 1. The number of nitrogens with two attached hydrogens (primary N) is 1. The first-order valence-corrected chi connectivity index (χ1v) is 10.6. The zero-order valence-electron chi connectivity index (χ0n) is 14.4. The molecule has 4 rings (SSSR count). The summed E-state index contributed by atoms with van der Waals surface area (Å²) < 4.78 is 23.1. The normalized spacial score (nSPS) is 17.1. The molecule has 0 bridgehead atoms. The Hall–Kier alpha value is -2.35. The number of alkyl halides is 1. The lowest BCUT2D eigenvalue weighted by atomic mass is 9.92. The Morgan fingerprint density at radius 1 is 1.19 bits per heavy atom. The van der Waals surface area contributed by atoms with Crippen molar-refractivity contribution in [1.82, 2.24) is 9.88 Å². The van der Waals surface area contributed by atoms with Gasteiger partial charge < -0.3 is 9.88 Å². The first-order chi connectivity index (χ1) is 12.9. The second kappa shape index (κ2) is 6.67. The smallest absolute Gasteiger partial charge is 0.238 e. The zero-order chi connectivity index (χ0) is 19.2. The number of halogens is 1. The number of sulfonamides is 1. The number of aromatic nitrogens is 1. The highest BCUT2D eigenvalue weighted by Gasteiger charge is 2.34. The summed E-state index contributed by atoms with van der Waals surface area (Å²) in [4.78, 5) is 17.7. The number of aromatic amines is 1. The predicted octanol–water partition coefficient (Wildman–Crippen LogP) is 2.53. The third-order valence-corrected chi connectivity index (χ3v) is 6.15. The Morgan fingerprint density at radius 2 is 1.89 bits per heavy atom. The highest BCUT2D eigenvalue weighted by atomic mass is 35.5. The monoisotopic (exact) mass is 403 g/mol. The van der Waals surface area contributed by atoms with Gasteiger partial charge in [0.05, 0.1) is 10.9 Å². The van der Waals surface area contributed by atoms with Gasteiger partial charge in [0.1, 0.15) is 5.88 Å². The van der Waals surface area contributed by atoms with Crippen molar-refractivity contribution in [3.8, 4) is 0 Å². The Labute approximate surface area is 162 Å². The molecule has 140 valence electrons. The highest BCUT2D eigenvalue weighted by Crippen LogP contribution is 2.38. The van der Waals surface area contributed by atoms with E-state index in [9.17, 15) is 13.2 Å². The fourth-order valence-corrected chi connectivity index (χ4v) is 4.44. The molecule has 3 aromatic rings. The van der Waals surface area contributed by atoms with E-state index in [1.54, 1.807) is 17.0 Å². The number of nitrogens with one attached hydrogen (secondary N) is 1. The van der Waals surface area contributed by atoms with Crippen LogP contribution in [0.15, 0.2) is 53.4 Å². The molecule has 3 N–H and O–H groups in total. The van der Waals surface area contributed by atoms with Crippen molar-refractivity contribution in [2.75, 3.05) is 12.4 Å². The number of hydrogen-bond donors (Lipinski definition) is 2. The number of nitrogens with zero attached hydrogens (tertiary/aromatic N) is 1. The van der Waals surface area contributed by atoms with Crippen molar-refractivity contribution in [3.05, 3.63) is 65.4 Å². The minimum Gasteiger partial charge on any atom is -0.356 e. The lowest BCUT2D eigenvalue weighted by Gasteiger charge is -2.36. The van der Waals surface area contributed by atoms with Crippen LogP contribution in [0.3, 0.4) is 0 Å². The number of hydrogen-bond acceptors (Lipinski definition) is 3. The first-order valence-electron chi connectivity index (χ1n) is 8.48. The van der Waals surface area contributed by atoms with Gasteiger partial charge in [-0.2, -0.15) is 0 Å². The van der Waals surface area contributed by atoms with Gasteiger partial charge in [-0.25, -0.2) is 13.6 Å². The topological polar surface area (TPSA) is 96.3 Å². The standard InChI is InChI=1S/C19H18ClN3O3S/c20-11-17(24)23-10-9-15-14-3-1-2-4-16(14)22-18(15)19(23)12-5-7-13(8-6-12)27(21,25)26/h1-8,19,22H,9-11H2,(H2,21,25,26). The van der Waals surface area contributed by atoms with Gasteiger partial charge in [-0.3, -0.25) is 4.79 Å². The van der Waals surface area contributed by atoms with E-state index in [2.05, 4.69) is 11.1 Å². The second-order valence-electron chi connectivity index (χ2n) is 6.55. The number of primary sulfonamides is 1. The molecule has 2 aromatic carbocycles. The maximum atomic E-state index is 12.5. The van der Waals surface area contributed by atoms with E-state index in [1.807, 2.05) is 18.2 Å². The average molecular weight is 404 g/mol. The summed E-state index contributed by atoms with van der Waals surface area (Å²) in [5, 5.41) is 6.33. The van der Waals surface area contributed by atoms with E-state index >= 15 is 0 Å². The summed E-state index contributed by atoms with van der Waals surface area (Å²) in [5.74, 6) is -0.275.